The maximum Gasteiger partial charge on any atom is 0.320 e. The number of amides is 1. The third kappa shape index (κ3) is 3.83. The minimum absolute atomic E-state index is 0.185. The van der Waals surface area contributed by atoms with Crippen LogP contribution in [0.2, 0.25) is 0 Å². The summed E-state index contributed by atoms with van der Waals surface area (Å²) in [5.74, 6) is -0.671. The van der Waals surface area contributed by atoms with E-state index in [0.717, 1.165) is 19.3 Å². The van der Waals surface area contributed by atoms with Gasteiger partial charge in [-0.1, -0.05) is 19.8 Å². The highest BCUT2D eigenvalue weighted by Crippen LogP contribution is 2.20. The van der Waals surface area contributed by atoms with Crippen LogP contribution < -0.4 is 0 Å². The Morgan fingerprint density at radius 3 is 2.25 bits per heavy atom. The highest BCUT2D eigenvalue weighted by Gasteiger charge is 2.38. The quantitative estimate of drug-likeness (QED) is 0.396. The summed E-state index contributed by atoms with van der Waals surface area (Å²) < 4.78 is 4.63. The Morgan fingerprint density at radius 1 is 1.25 bits per heavy atom. The SMILES string of the molecule is CCCCCN(C)C(=O)C(C)(C)C(=O)OC. The largest absolute Gasteiger partial charge is 0.468 e. The molecule has 1 amide bonds. The van der Waals surface area contributed by atoms with Gasteiger partial charge in [0.1, 0.15) is 5.41 Å². The Labute approximate surface area is 98.0 Å². The van der Waals surface area contributed by atoms with Gasteiger partial charge in [0.2, 0.25) is 5.91 Å². The van der Waals surface area contributed by atoms with Gasteiger partial charge in [-0.3, -0.25) is 9.59 Å². The maximum atomic E-state index is 12.0. The number of methoxy groups -OCH3 is 1. The standard InChI is InChI=1S/C12H23NO3/c1-6-7-8-9-13(4)10(14)12(2,3)11(15)16-5/h6-9H2,1-5H3. The smallest absolute Gasteiger partial charge is 0.320 e. The molecule has 0 atom stereocenters. The number of ether oxygens (including phenoxy) is 1. The Bertz CT molecular complexity index is 249. The molecule has 0 fully saturated rings. The second-order valence-corrected chi connectivity index (χ2v) is 4.55. The molecular weight excluding hydrogens is 206 g/mol. The lowest BCUT2D eigenvalue weighted by atomic mass is 9.92. The number of rotatable bonds is 6. The van der Waals surface area contributed by atoms with Crippen LogP contribution in [-0.4, -0.2) is 37.5 Å². The third-order valence-corrected chi connectivity index (χ3v) is 2.67. The van der Waals surface area contributed by atoms with E-state index in [1.807, 2.05) is 0 Å². The normalized spacial score (nSPS) is 11.1. The van der Waals surface area contributed by atoms with E-state index < -0.39 is 11.4 Å². The van der Waals surface area contributed by atoms with Gasteiger partial charge >= 0.3 is 5.97 Å². The molecule has 0 saturated heterocycles. The van der Waals surface area contributed by atoms with Crippen molar-refractivity contribution in [1.29, 1.82) is 0 Å². The Balaban J connectivity index is 4.36. The Morgan fingerprint density at radius 2 is 1.81 bits per heavy atom. The summed E-state index contributed by atoms with van der Waals surface area (Å²) in [6.07, 6.45) is 3.18. The molecule has 94 valence electrons. The monoisotopic (exact) mass is 229 g/mol. The zero-order chi connectivity index (χ0) is 12.8. The van der Waals surface area contributed by atoms with Crippen molar-refractivity contribution in [1.82, 2.24) is 4.90 Å². The summed E-state index contributed by atoms with van der Waals surface area (Å²) in [5, 5.41) is 0. The summed E-state index contributed by atoms with van der Waals surface area (Å²) in [7, 11) is 3.02. The van der Waals surface area contributed by atoms with Crippen molar-refractivity contribution in [2.24, 2.45) is 5.41 Å². The number of carbonyl (C=O) groups excluding carboxylic acids is 2. The van der Waals surface area contributed by atoms with Crippen LogP contribution in [0.15, 0.2) is 0 Å². The number of nitrogens with zero attached hydrogens (tertiary/aromatic N) is 1. The average Bonchev–Trinajstić information content (AvgIpc) is 2.26. The number of hydrogen-bond donors (Lipinski definition) is 0. The minimum Gasteiger partial charge on any atom is -0.468 e. The lowest BCUT2D eigenvalue weighted by Gasteiger charge is -2.27. The molecule has 0 aromatic rings. The van der Waals surface area contributed by atoms with Gasteiger partial charge in [0.05, 0.1) is 7.11 Å². The molecule has 0 spiro atoms. The molecule has 0 aliphatic rings. The van der Waals surface area contributed by atoms with Crippen LogP contribution in [0.1, 0.15) is 40.0 Å². The van der Waals surface area contributed by atoms with Gasteiger partial charge in [0, 0.05) is 13.6 Å². The van der Waals surface area contributed by atoms with Crippen molar-refractivity contribution < 1.29 is 14.3 Å². The first-order chi connectivity index (χ1) is 7.37. The minimum atomic E-state index is -1.09. The fraction of sp³-hybridized carbons (Fsp3) is 0.833. The van der Waals surface area contributed by atoms with Crippen LogP contribution in [0, 0.1) is 5.41 Å². The molecule has 4 heteroatoms. The molecule has 0 heterocycles. The van der Waals surface area contributed by atoms with Crippen LogP contribution in [0.4, 0.5) is 0 Å². The third-order valence-electron chi connectivity index (χ3n) is 2.67. The van der Waals surface area contributed by atoms with Crippen molar-refractivity contribution in [3.05, 3.63) is 0 Å². The van der Waals surface area contributed by atoms with Crippen LogP contribution in [0.5, 0.6) is 0 Å². The van der Waals surface area contributed by atoms with E-state index in [-0.39, 0.29) is 5.91 Å². The van der Waals surface area contributed by atoms with Gasteiger partial charge in [-0.2, -0.15) is 0 Å². The van der Waals surface area contributed by atoms with E-state index in [1.165, 1.54) is 7.11 Å². The van der Waals surface area contributed by atoms with E-state index >= 15 is 0 Å². The molecule has 0 rings (SSSR count). The topological polar surface area (TPSA) is 46.6 Å². The van der Waals surface area contributed by atoms with E-state index in [9.17, 15) is 9.59 Å². The van der Waals surface area contributed by atoms with Crippen LogP contribution in [-0.2, 0) is 14.3 Å². The number of esters is 1. The number of hydrogen-bond acceptors (Lipinski definition) is 3. The first kappa shape index (κ1) is 14.9. The predicted molar refractivity (Wildman–Crippen MR) is 63.0 cm³/mol. The fourth-order valence-corrected chi connectivity index (χ4v) is 1.52. The van der Waals surface area contributed by atoms with E-state index in [0.29, 0.717) is 6.54 Å². The summed E-state index contributed by atoms with van der Waals surface area (Å²) in [5.41, 5.74) is -1.09. The van der Waals surface area contributed by atoms with Crippen LogP contribution in [0.3, 0.4) is 0 Å². The van der Waals surface area contributed by atoms with Gasteiger partial charge in [-0.15, -0.1) is 0 Å². The summed E-state index contributed by atoms with van der Waals surface area (Å²) >= 11 is 0. The molecule has 4 nitrogen and oxygen atoms in total. The average molecular weight is 229 g/mol. The molecule has 0 saturated carbocycles. The highest BCUT2D eigenvalue weighted by atomic mass is 16.5. The summed E-state index contributed by atoms with van der Waals surface area (Å²) in [6, 6.07) is 0. The molecule has 16 heavy (non-hydrogen) atoms. The molecule has 0 unspecified atom stereocenters. The second kappa shape index (κ2) is 6.51. The van der Waals surface area contributed by atoms with E-state index in [4.69, 9.17) is 0 Å². The molecule has 0 aromatic heterocycles. The molecule has 0 N–H and O–H groups in total. The molecule has 0 aromatic carbocycles. The lowest BCUT2D eigenvalue weighted by molar-refractivity contribution is -0.160. The van der Waals surface area contributed by atoms with E-state index in [1.54, 1.807) is 25.8 Å². The molecule has 0 aliphatic carbocycles. The van der Waals surface area contributed by atoms with Gasteiger partial charge in [0.15, 0.2) is 0 Å². The molecule has 0 radical (unpaired) electrons. The predicted octanol–water partition coefficient (Wildman–Crippen LogP) is 1.83. The fourth-order valence-electron chi connectivity index (χ4n) is 1.52. The van der Waals surface area contributed by atoms with Gasteiger partial charge < -0.3 is 9.64 Å². The van der Waals surface area contributed by atoms with Crippen molar-refractivity contribution in [2.45, 2.75) is 40.0 Å². The summed E-state index contributed by atoms with van der Waals surface area (Å²) in [4.78, 5) is 25.0. The number of carbonyl (C=O) groups is 2. The highest BCUT2D eigenvalue weighted by molar-refractivity contribution is 6.01. The van der Waals surface area contributed by atoms with Crippen LogP contribution in [0.25, 0.3) is 0 Å². The molecule has 0 aliphatic heterocycles. The van der Waals surface area contributed by atoms with Crippen molar-refractivity contribution >= 4 is 11.9 Å². The first-order valence-electron chi connectivity index (χ1n) is 5.71. The zero-order valence-electron chi connectivity index (χ0n) is 11.0. The van der Waals surface area contributed by atoms with Crippen molar-refractivity contribution in [3.63, 3.8) is 0 Å². The van der Waals surface area contributed by atoms with Gasteiger partial charge in [-0.05, 0) is 20.3 Å². The van der Waals surface area contributed by atoms with Crippen LogP contribution >= 0.6 is 0 Å². The summed E-state index contributed by atoms with van der Waals surface area (Å²) in [6.45, 7) is 5.99. The first-order valence-corrected chi connectivity index (χ1v) is 5.71. The zero-order valence-corrected chi connectivity index (χ0v) is 11.0. The lowest BCUT2D eigenvalue weighted by Crippen LogP contribution is -2.44. The van der Waals surface area contributed by atoms with Crippen molar-refractivity contribution in [2.75, 3.05) is 20.7 Å². The molecular formula is C12H23NO3. The van der Waals surface area contributed by atoms with E-state index in [2.05, 4.69) is 11.7 Å². The number of unbranched alkanes of at least 4 members (excludes halogenated alkanes) is 2. The van der Waals surface area contributed by atoms with Crippen molar-refractivity contribution in [3.8, 4) is 0 Å². The second-order valence-electron chi connectivity index (χ2n) is 4.55. The Hall–Kier alpha value is -1.06. The Kier molecular flexibility index (Phi) is 6.08. The van der Waals surface area contributed by atoms with Gasteiger partial charge in [0.25, 0.3) is 0 Å². The maximum absolute atomic E-state index is 12.0. The van der Waals surface area contributed by atoms with Gasteiger partial charge in [-0.25, -0.2) is 0 Å². The molecule has 0 bridgehead atoms.